The number of carbonyl (C=O) groups is 1. The molecule has 1 saturated heterocycles. The number of esters is 1. The van der Waals surface area contributed by atoms with Crippen molar-refractivity contribution in [3.05, 3.63) is 21.8 Å². The topological polar surface area (TPSA) is 45.7 Å². The van der Waals surface area contributed by atoms with Crippen LogP contribution in [0.2, 0.25) is 0 Å². The molecule has 0 amide bonds. The Morgan fingerprint density at radius 3 is 2.48 bits per heavy atom. The van der Waals surface area contributed by atoms with Crippen molar-refractivity contribution in [1.82, 2.24) is 9.88 Å². The van der Waals surface area contributed by atoms with Crippen molar-refractivity contribution in [2.24, 2.45) is 0 Å². The van der Waals surface area contributed by atoms with Gasteiger partial charge in [0.25, 0.3) is 0 Å². The second-order valence-electron chi connectivity index (χ2n) is 7.70. The van der Waals surface area contributed by atoms with Gasteiger partial charge in [-0.05, 0) is 49.2 Å². The summed E-state index contributed by atoms with van der Waals surface area (Å²) in [7, 11) is 0. The first-order valence-electron chi connectivity index (χ1n) is 8.69. The van der Waals surface area contributed by atoms with E-state index in [0.29, 0.717) is 23.4 Å². The van der Waals surface area contributed by atoms with Crippen molar-refractivity contribution in [2.75, 3.05) is 31.1 Å². The van der Waals surface area contributed by atoms with E-state index in [9.17, 15) is 18.0 Å². The molecule has 0 spiro atoms. The van der Waals surface area contributed by atoms with E-state index in [0.717, 1.165) is 12.7 Å². The molecule has 152 valence electrons. The van der Waals surface area contributed by atoms with Gasteiger partial charge in [0, 0.05) is 38.3 Å². The lowest BCUT2D eigenvalue weighted by molar-refractivity contribution is -0.142. The van der Waals surface area contributed by atoms with E-state index in [4.69, 9.17) is 4.74 Å². The fourth-order valence-electron chi connectivity index (χ4n) is 3.15. The normalized spacial score (nSPS) is 19.3. The van der Waals surface area contributed by atoms with E-state index in [1.54, 1.807) is 0 Å². The lowest BCUT2D eigenvalue weighted by atomic mass is 10.0. The molecule has 2 rings (SSSR count). The second kappa shape index (κ2) is 7.95. The zero-order valence-corrected chi connectivity index (χ0v) is 17.7. The Kier molecular flexibility index (Phi) is 6.46. The SMILES string of the molecule is CC(=O)OC[C@H]1CN(C(C)(C)C)CCN1c1ncc(C(F)(F)F)c(C)c1Br. The van der Waals surface area contributed by atoms with Crippen LogP contribution in [0.25, 0.3) is 0 Å². The summed E-state index contributed by atoms with van der Waals surface area (Å²) in [5.41, 5.74) is -0.735. The van der Waals surface area contributed by atoms with Gasteiger partial charge in [0.2, 0.25) is 0 Å². The van der Waals surface area contributed by atoms with E-state index in [1.165, 1.54) is 13.8 Å². The van der Waals surface area contributed by atoms with Crippen LogP contribution in [0.5, 0.6) is 0 Å². The molecule has 0 saturated carbocycles. The number of pyridine rings is 1. The van der Waals surface area contributed by atoms with E-state index >= 15 is 0 Å². The van der Waals surface area contributed by atoms with Crippen LogP contribution in [0.15, 0.2) is 10.7 Å². The third-order valence-corrected chi connectivity index (χ3v) is 5.68. The quantitative estimate of drug-likeness (QED) is 0.649. The van der Waals surface area contributed by atoms with Gasteiger partial charge >= 0.3 is 12.1 Å². The maximum Gasteiger partial charge on any atom is 0.418 e. The van der Waals surface area contributed by atoms with Crippen LogP contribution >= 0.6 is 15.9 Å². The molecule has 1 aromatic heterocycles. The summed E-state index contributed by atoms with van der Waals surface area (Å²) in [5, 5.41) is 0. The fraction of sp³-hybridized carbons (Fsp3) is 0.667. The van der Waals surface area contributed by atoms with Gasteiger partial charge in [-0.3, -0.25) is 9.69 Å². The van der Waals surface area contributed by atoms with Gasteiger partial charge in [-0.1, -0.05) is 0 Å². The fourth-order valence-corrected chi connectivity index (χ4v) is 3.69. The predicted octanol–water partition coefficient (Wildman–Crippen LogP) is 4.02. The molecule has 27 heavy (non-hydrogen) atoms. The molecule has 1 aliphatic heterocycles. The summed E-state index contributed by atoms with van der Waals surface area (Å²) in [6.07, 6.45) is -3.59. The molecule has 1 aromatic rings. The molecule has 0 radical (unpaired) electrons. The summed E-state index contributed by atoms with van der Waals surface area (Å²) in [6, 6.07) is -0.207. The maximum atomic E-state index is 13.1. The van der Waals surface area contributed by atoms with Gasteiger partial charge in [0.15, 0.2) is 0 Å². The van der Waals surface area contributed by atoms with Crippen LogP contribution in [0.3, 0.4) is 0 Å². The third-order valence-electron chi connectivity index (χ3n) is 4.73. The molecule has 1 atom stereocenters. The number of piperazine rings is 1. The van der Waals surface area contributed by atoms with Crippen LogP contribution in [0.1, 0.15) is 38.8 Å². The molecular formula is C18H25BrF3N3O2. The molecule has 9 heteroatoms. The first-order valence-corrected chi connectivity index (χ1v) is 9.49. The number of ether oxygens (including phenoxy) is 1. The minimum Gasteiger partial charge on any atom is -0.464 e. The number of halogens is 4. The second-order valence-corrected chi connectivity index (χ2v) is 8.49. The minimum atomic E-state index is -4.46. The Bertz CT molecular complexity index is 704. The largest absolute Gasteiger partial charge is 0.464 e. The summed E-state index contributed by atoms with van der Waals surface area (Å²) in [5.74, 6) is 0.0460. The van der Waals surface area contributed by atoms with Crippen molar-refractivity contribution in [3.8, 4) is 0 Å². The Morgan fingerprint density at radius 1 is 1.33 bits per heavy atom. The number of nitrogens with zero attached hydrogens (tertiary/aromatic N) is 3. The van der Waals surface area contributed by atoms with E-state index in [2.05, 4.69) is 46.6 Å². The summed E-state index contributed by atoms with van der Waals surface area (Å²) >= 11 is 3.30. The van der Waals surface area contributed by atoms with E-state index in [-0.39, 0.29) is 23.8 Å². The number of alkyl halides is 3. The zero-order chi connectivity index (χ0) is 20.6. The molecule has 0 bridgehead atoms. The summed E-state index contributed by atoms with van der Waals surface area (Å²) in [6.45, 7) is 11.1. The first kappa shape index (κ1) is 21.9. The van der Waals surface area contributed by atoms with Crippen LogP contribution in [-0.4, -0.2) is 53.7 Å². The lowest BCUT2D eigenvalue weighted by Crippen LogP contribution is -2.60. The molecule has 0 aromatic carbocycles. The van der Waals surface area contributed by atoms with Crippen LogP contribution in [0.4, 0.5) is 19.0 Å². The average molecular weight is 452 g/mol. The van der Waals surface area contributed by atoms with Crippen LogP contribution < -0.4 is 4.90 Å². The molecule has 0 aliphatic carbocycles. The van der Waals surface area contributed by atoms with Gasteiger partial charge in [-0.25, -0.2) is 4.98 Å². The van der Waals surface area contributed by atoms with Crippen molar-refractivity contribution in [3.63, 3.8) is 0 Å². The highest BCUT2D eigenvalue weighted by Gasteiger charge is 2.37. The predicted molar refractivity (Wildman–Crippen MR) is 101 cm³/mol. The minimum absolute atomic E-state index is 0.0682. The smallest absolute Gasteiger partial charge is 0.418 e. The van der Waals surface area contributed by atoms with Crippen LogP contribution in [-0.2, 0) is 15.7 Å². The number of rotatable bonds is 3. The Morgan fingerprint density at radius 2 is 1.96 bits per heavy atom. The number of anilines is 1. The zero-order valence-electron chi connectivity index (χ0n) is 16.2. The molecule has 2 heterocycles. The summed E-state index contributed by atoms with van der Waals surface area (Å²) < 4.78 is 44.9. The van der Waals surface area contributed by atoms with Crippen molar-refractivity contribution in [2.45, 2.75) is 52.4 Å². The van der Waals surface area contributed by atoms with Crippen LogP contribution in [0, 0.1) is 6.92 Å². The highest BCUT2D eigenvalue weighted by atomic mass is 79.9. The average Bonchev–Trinajstić information content (AvgIpc) is 2.53. The maximum absolute atomic E-state index is 13.1. The molecule has 0 unspecified atom stereocenters. The van der Waals surface area contributed by atoms with Gasteiger partial charge in [0.1, 0.15) is 12.4 Å². The van der Waals surface area contributed by atoms with Crippen molar-refractivity contribution < 1.29 is 22.7 Å². The highest BCUT2D eigenvalue weighted by Crippen LogP contribution is 2.38. The molecule has 0 N–H and O–H groups in total. The molecule has 1 aliphatic rings. The van der Waals surface area contributed by atoms with E-state index in [1.807, 2.05) is 4.90 Å². The van der Waals surface area contributed by atoms with Crippen molar-refractivity contribution >= 4 is 27.7 Å². The highest BCUT2D eigenvalue weighted by molar-refractivity contribution is 9.10. The van der Waals surface area contributed by atoms with Gasteiger partial charge in [-0.15, -0.1) is 0 Å². The molecular weight excluding hydrogens is 427 g/mol. The van der Waals surface area contributed by atoms with Crippen molar-refractivity contribution in [1.29, 1.82) is 0 Å². The first-order chi connectivity index (χ1) is 12.3. The molecule has 5 nitrogen and oxygen atoms in total. The van der Waals surface area contributed by atoms with E-state index < -0.39 is 17.7 Å². The van der Waals surface area contributed by atoms with Gasteiger partial charge < -0.3 is 9.64 Å². The monoisotopic (exact) mass is 451 g/mol. The number of aromatic nitrogens is 1. The van der Waals surface area contributed by atoms with Gasteiger partial charge in [0.05, 0.1) is 16.1 Å². The lowest BCUT2D eigenvalue weighted by Gasteiger charge is -2.47. The molecule has 1 fully saturated rings. The van der Waals surface area contributed by atoms with Gasteiger partial charge in [-0.2, -0.15) is 13.2 Å². The number of hydrogen-bond donors (Lipinski definition) is 0. The standard InChI is InChI=1S/C18H25BrF3N3O2/c1-11-14(18(20,21)22)8-23-16(15(11)19)25-7-6-24(17(3,4)5)9-13(25)10-27-12(2)26/h8,13H,6-7,9-10H2,1-5H3/t13-/m1/s1. The number of hydrogen-bond acceptors (Lipinski definition) is 5. The Balaban J connectivity index is 2.36. The third kappa shape index (κ3) is 5.13. The Labute approximate surface area is 166 Å². The Hall–Kier alpha value is -1.35. The summed E-state index contributed by atoms with van der Waals surface area (Å²) in [4.78, 5) is 19.6. The number of carbonyl (C=O) groups excluding carboxylic acids is 1.